The van der Waals surface area contributed by atoms with E-state index in [4.69, 9.17) is 4.74 Å². The third-order valence-electron chi connectivity index (χ3n) is 3.23. The summed E-state index contributed by atoms with van der Waals surface area (Å²) in [6, 6.07) is 13.1. The predicted molar refractivity (Wildman–Crippen MR) is 82.3 cm³/mol. The monoisotopic (exact) mass is 337 g/mol. The quantitative estimate of drug-likeness (QED) is 0.870. The molecule has 0 saturated heterocycles. The Labute approximate surface area is 127 Å². The summed E-state index contributed by atoms with van der Waals surface area (Å²) in [5, 5.41) is 3.38. The van der Waals surface area contributed by atoms with Gasteiger partial charge in [-0.1, -0.05) is 40.2 Å². The van der Waals surface area contributed by atoms with Gasteiger partial charge in [0.2, 0.25) is 0 Å². The van der Waals surface area contributed by atoms with Gasteiger partial charge in [-0.25, -0.2) is 4.39 Å². The first-order valence-corrected chi connectivity index (χ1v) is 7.21. The maximum Gasteiger partial charge on any atom is 0.165 e. The molecular weight excluding hydrogens is 321 g/mol. The van der Waals surface area contributed by atoms with E-state index in [1.54, 1.807) is 6.07 Å². The van der Waals surface area contributed by atoms with E-state index in [0.717, 1.165) is 16.6 Å². The second kappa shape index (κ2) is 6.86. The maximum atomic E-state index is 13.7. The number of ether oxygens (including phenoxy) is 1. The molecular formula is C16H17BrFNO. The Morgan fingerprint density at radius 2 is 2.00 bits per heavy atom. The SMILES string of the molecule is COc1ccc(C(C)NCc2ccccc2Br)cc1F. The molecule has 4 heteroatoms. The Hall–Kier alpha value is -1.39. The highest BCUT2D eigenvalue weighted by Gasteiger charge is 2.09. The second-order valence-electron chi connectivity index (χ2n) is 4.59. The Morgan fingerprint density at radius 1 is 1.25 bits per heavy atom. The van der Waals surface area contributed by atoms with Gasteiger partial charge >= 0.3 is 0 Å². The van der Waals surface area contributed by atoms with Crippen molar-refractivity contribution in [2.75, 3.05) is 7.11 Å². The fraction of sp³-hybridized carbons (Fsp3) is 0.250. The summed E-state index contributed by atoms with van der Waals surface area (Å²) < 4.78 is 19.7. The van der Waals surface area contributed by atoms with Crippen molar-refractivity contribution in [2.45, 2.75) is 19.5 Å². The first kappa shape index (κ1) is 15.0. The molecule has 0 saturated carbocycles. The van der Waals surface area contributed by atoms with E-state index in [1.807, 2.05) is 31.2 Å². The number of hydrogen-bond acceptors (Lipinski definition) is 2. The lowest BCUT2D eigenvalue weighted by Crippen LogP contribution is -2.18. The Morgan fingerprint density at radius 3 is 2.65 bits per heavy atom. The normalized spacial score (nSPS) is 12.2. The standard InChI is InChI=1S/C16H17BrFNO/c1-11(12-7-8-16(20-2)15(18)9-12)19-10-13-5-3-4-6-14(13)17/h3-9,11,19H,10H2,1-2H3. The Kier molecular flexibility index (Phi) is 5.15. The molecule has 0 fully saturated rings. The van der Waals surface area contributed by atoms with Crippen LogP contribution < -0.4 is 10.1 Å². The average molecular weight is 338 g/mol. The van der Waals surface area contributed by atoms with Crippen molar-refractivity contribution in [3.63, 3.8) is 0 Å². The highest BCUT2D eigenvalue weighted by atomic mass is 79.9. The van der Waals surface area contributed by atoms with Gasteiger partial charge in [0.25, 0.3) is 0 Å². The van der Waals surface area contributed by atoms with Gasteiger partial charge < -0.3 is 10.1 Å². The largest absolute Gasteiger partial charge is 0.494 e. The summed E-state index contributed by atoms with van der Waals surface area (Å²) in [7, 11) is 1.46. The van der Waals surface area contributed by atoms with Gasteiger partial charge in [0, 0.05) is 17.1 Å². The minimum atomic E-state index is -0.334. The molecule has 0 aromatic heterocycles. The highest BCUT2D eigenvalue weighted by molar-refractivity contribution is 9.10. The highest BCUT2D eigenvalue weighted by Crippen LogP contribution is 2.22. The van der Waals surface area contributed by atoms with Crippen LogP contribution in [-0.4, -0.2) is 7.11 Å². The molecule has 2 aromatic rings. The van der Waals surface area contributed by atoms with Gasteiger partial charge in [-0.3, -0.25) is 0 Å². The number of nitrogens with one attached hydrogen (secondary N) is 1. The maximum absolute atomic E-state index is 13.7. The fourth-order valence-corrected chi connectivity index (χ4v) is 2.40. The van der Waals surface area contributed by atoms with Gasteiger partial charge in [-0.15, -0.1) is 0 Å². The van der Waals surface area contributed by atoms with Crippen LogP contribution in [0, 0.1) is 5.82 Å². The van der Waals surface area contributed by atoms with E-state index in [2.05, 4.69) is 27.3 Å². The van der Waals surface area contributed by atoms with Gasteiger partial charge in [0.05, 0.1) is 7.11 Å². The summed E-state index contributed by atoms with van der Waals surface area (Å²) in [4.78, 5) is 0. The number of rotatable bonds is 5. The zero-order valence-electron chi connectivity index (χ0n) is 11.5. The Balaban J connectivity index is 2.03. The molecule has 1 unspecified atom stereocenters. The van der Waals surface area contributed by atoms with Crippen molar-refractivity contribution in [2.24, 2.45) is 0 Å². The van der Waals surface area contributed by atoms with E-state index in [-0.39, 0.29) is 17.6 Å². The number of hydrogen-bond donors (Lipinski definition) is 1. The number of benzene rings is 2. The molecule has 0 bridgehead atoms. The molecule has 20 heavy (non-hydrogen) atoms. The smallest absolute Gasteiger partial charge is 0.165 e. The van der Waals surface area contributed by atoms with E-state index < -0.39 is 0 Å². The van der Waals surface area contributed by atoms with E-state index in [9.17, 15) is 4.39 Å². The molecule has 1 N–H and O–H groups in total. The zero-order chi connectivity index (χ0) is 14.5. The minimum absolute atomic E-state index is 0.0579. The molecule has 0 aliphatic heterocycles. The number of halogens is 2. The summed E-state index contributed by atoms with van der Waals surface area (Å²) >= 11 is 3.52. The lowest BCUT2D eigenvalue weighted by molar-refractivity contribution is 0.385. The van der Waals surface area contributed by atoms with Crippen LogP contribution in [0.2, 0.25) is 0 Å². The summed E-state index contributed by atoms with van der Waals surface area (Å²) in [5.74, 6) is -0.0636. The van der Waals surface area contributed by atoms with Crippen molar-refractivity contribution in [1.29, 1.82) is 0 Å². The molecule has 2 aromatic carbocycles. The molecule has 2 nitrogen and oxygen atoms in total. The average Bonchev–Trinajstić information content (AvgIpc) is 2.46. The summed E-state index contributed by atoms with van der Waals surface area (Å²) in [6.45, 7) is 2.73. The number of methoxy groups -OCH3 is 1. The van der Waals surface area contributed by atoms with Crippen LogP contribution in [0.5, 0.6) is 5.75 Å². The molecule has 0 heterocycles. The summed E-state index contributed by atoms with van der Waals surface area (Å²) in [6.07, 6.45) is 0. The third-order valence-corrected chi connectivity index (χ3v) is 4.01. The van der Waals surface area contributed by atoms with Crippen LogP contribution in [0.15, 0.2) is 46.9 Å². The molecule has 0 amide bonds. The molecule has 106 valence electrons. The molecule has 0 radical (unpaired) electrons. The second-order valence-corrected chi connectivity index (χ2v) is 5.44. The minimum Gasteiger partial charge on any atom is -0.494 e. The van der Waals surface area contributed by atoms with Crippen LogP contribution >= 0.6 is 15.9 Å². The van der Waals surface area contributed by atoms with Crippen molar-refractivity contribution in [3.05, 3.63) is 63.9 Å². The van der Waals surface area contributed by atoms with Crippen molar-refractivity contribution >= 4 is 15.9 Å². The molecule has 0 aliphatic rings. The van der Waals surface area contributed by atoms with E-state index >= 15 is 0 Å². The van der Waals surface area contributed by atoms with Gasteiger partial charge in [0.1, 0.15) is 0 Å². The lowest BCUT2D eigenvalue weighted by Gasteiger charge is -2.16. The van der Waals surface area contributed by atoms with Gasteiger partial charge in [0.15, 0.2) is 11.6 Å². The Bertz CT molecular complexity index is 588. The van der Waals surface area contributed by atoms with E-state index in [0.29, 0.717) is 0 Å². The molecule has 0 spiro atoms. The van der Waals surface area contributed by atoms with Crippen LogP contribution in [0.1, 0.15) is 24.1 Å². The van der Waals surface area contributed by atoms with Gasteiger partial charge in [-0.05, 0) is 36.2 Å². The molecule has 1 atom stereocenters. The zero-order valence-corrected chi connectivity index (χ0v) is 13.1. The van der Waals surface area contributed by atoms with Crippen molar-refractivity contribution < 1.29 is 9.13 Å². The van der Waals surface area contributed by atoms with Crippen LogP contribution in [0.4, 0.5) is 4.39 Å². The molecule has 0 aliphatic carbocycles. The third kappa shape index (κ3) is 3.58. The van der Waals surface area contributed by atoms with Crippen LogP contribution in [0.25, 0.3) is 0 Å². The fourth-order valence-electron chi connectivity index (χ4n) is 1.97. The first-order chi connectivity index (χ1) is 9.61. The first-order valence-electron chi connectivity index (χ1n) is 6.42. The summed E-state index contributed by atoms with van der Waals surface area (Å²) in [5.41, 5.74) is 2.07. The van der Waals surface area contributed by atoms with Crippen LogP contribution in [-0.2, 0) is 6.54 Å². The lowest BCUT2D eigenvalue weighted by atomic mass is 10.1. The predicted octanol–water partition coefficient (Wildman–Crippen LogP) is 4.45. The van der Waals surface area contributed by atoms with Gasteiger partial charge in [-0.2, -0.15) is 0 Å². The van der Waals surface area contributed by atoms with Crippen LogP contribution in [0.3, 0.4) is 0 Å². The van der Waals surface area contributed by atoms with E-state index in [1.165, 1.54) is 18.7 Å². The van der Waals surface area contributed by atoms with Crippen molar-refractivity contribution in [3.8, 4) is 5.75 Å². The topological polar surface area (TPSA) is 21.3 Å². The molecule has 2 rings (SSSR count). The van der Waals surface area contributed by atoms with Crippen molar-refractivity contribution in [1.82, 2.24) is 5.32 Å².